The van der Waals surface area contributed by atoms with Crippen molar-refractivity contribution >= 4 is 21.6 Å². The third kappa shape index (κ3) is 6.42. The van der Waals surface area contributed by atoms with E-state index in [4.69, 9.17) is 4.98 Å². The van der Waals surface area contributed by atoms with Gasteiger partial charge in [0.15, 0.2) is 9.84 Å². The minimum Gasteiger partial charge on any atom is -0.391 e. The number of aromatic nitrogens is 1. The standard InChI is InChI=1S/C25H26N2O3S2/c1-2-3-14-32(29,30)18-21(28)17-31-25-23(16-26)22(19-10-6-4-7-11-19)15-24(27-25)20-12-8-5-9-13-20/h4-13,15,21,28H,2-3,14,17-18H2,1H3. The van der Waals surface area contributed by atoms with Crippen LogP contribution in [0.3, 0.4) is 0 Å². The number of pyridine rings is 1. The molecule has 3 rings (SSSR count). The fourth-order valence-corrected chi connectivity index (χ4v) is 5.98. The van der Waals surface area contributed by atoms with Crippen molar-refractivity contribution in [1.82, 2.24) is 4.98 Å². The number of nitrogens with zero attached hydrogens (tertiary/aromatic N) is 2. The van der Waals surface area contributed by atoms with E-state index in [0.29, 0.717) is 17.0 Å². The molecule has 1 heterocycles. The van der Waals surface area contributed by atoms with Crippen molar-refractivity contribution < 1.29 is 13.5 Å². The Morgan fingerprint density at radius 2 is 1.69 bits per heavy atom. The van der Waals surface area contributed by atoms with Gasteiger partial charge < -0.3 is 5.11 Å². The van der Waals surface area contributed by atoms with Crippen LogP contribution < -0.4 is 0 Å². The molecule has 0 aliphatic rings. The first-order chi connectivity index (χ1) is 15.4. The first-order valence-corrected chi connectivity index (χ1v) is 13.3. The molecule has 3 aromatic rings. The Kier molecular flexibility index (Phi) is 8.46. The molecule has 0 bridgehead atoms. The maximum atomic E-state index is 12.2. The number of aliphatic hydroxyl groups is 1. The number of benzene rings is 2. The first kappa shape index (κ1) is 24.0. The highest BCUT2D eigenvalue weighted by Crippen LogP contribution is 2.34. The zero-order chi connectivity index (χ0) is 23.0. The average molecular weight is 467 g/mol. The predicted molar refractivity (Wildman–Crippen MR) is 130 cm³/mol. The summed E-state index contributed by atoms with van der Waals surface area (Å²) in [6.07, 6.45) is 0.339. The summed E-state index contributed by atoms with van der Waals surface area (Å²) in [6.45, 7) is 1.93. The second-order valence-electron chi connectivity index (χ2n) is 7.51. The van der Waals surface area contributed by atoms with Crippen molar-refractivity contribution in [2.45, 2.75) is 30.9 Å². The van der Waals surface area contributed by atoms with Gasteiger partial charge in [-0.05, 0) is 18.1 Å². The quantitative estimate of drug-likeness (QED) is 0.425. The summed E-state index contributed by atoms with van der Waals surface area (Å²) in [4.78, 5) is 4.70. The first-order valence-electron chi connectivity index (χ1n) is 10.5. The molecule has 1 unspecified atom stereocenters. The molecular weight excluding hydrogens is 440 g/mol. The van der Waals surface area contributed by atoms with Crippen molar-refractivity contribution in [3.05, 3.63) is 72.3 Å². The van der Waals surface area contributed by atoms with Crippen molar-refractivity contribution in [3.63, 3.8) is 0 Å². The molecule has 0 amide bonds. The van der Waals surface area contributed by atoms with Crippen LogP contribution in [-0.4, -0.2) is 41.9 Å². The Morgan fingerprint density at radius 1 is 1.06 bits per heavy atom. The van der Waals surface area contributed by atoms with Crippen molar-refractivity contribution in [2.75, 3.05) is 17.3 Å². The van der Waals surface area contributed by atoms with E-state index in [0.717, 1.165) is 28.8 Å². The van der Waals surface area contributed by atoms with Crippen LogP contribution in [0.25, 0.3) is 22.4 Å². The van der Waals surface area contributed by atoms with Gasteiger partial charge in [-0.1, -0.05) is 74.0 Å². The molecule has 2 aromatic carbocycles. The number of rotatable bonds is 10. The van der Waals surface area contributed by atoms with Crippen molar-refractivity contribution in [2.24, 2.45) is 0 Å². The molecule has 5 nitrogen and oxygen atoms in total. The average Bonchev–Trinajstić information content (AvgIpc) is 2.81. The van der Waals surface area contributed by atoms with Gasteiger partial charge in [-0.3, -0.25) is 0 Å². The summed E-state index contributed by atoms with van der Waals surface area (Å²) >= 11 is 1.21. The Labute approximate surface area is 194 Å². The number of unbranched alkanes of at least 4 members (excludes halogenated alkanes) is 1. The smallest absolute Gasteiger partial charge is 0.152 e. The van der Waals surface area contributed by atoms with E-state index in [1.807, 2.05) is 73.7 Å². The Bertz CT molecular complexity index is 1180. The highest BCUT2D eigenvalue weighted by atomic mass is 32.2. The van der Waals surface area contributed by atoms with E-state index in [9.17, 15) is 18.8 Å². The number of thioether (sulfide) groups is 1. The third-order valence-corrected chi connectivity index (χ3v) is 7.84. The van der Waals surface area contributed by atoms with Crippen molar-refractivity contribution in [1.29, 1.82) is 5.26 Å². The molecular formula is C25H26N2O3S2. The van der Waals surface area contributed by atoms with Crippen LogP contribution in [0.5, 0.6) is 0 Å². The monoisotopic (exact) mass is 466 g/mol. The lowest BCUT2D eigenvalue weighted by atomic mass is 9.99. The van der Waals surface area contributed by atoms with Gasteiger partial charge in [0.05, 0.1) is 28.9 Å². The molecule has 0 fully saturated rings. The maximum Gasteiger partial charge on any atom is 0.152 e. The summed E-state index contributed by atoms with van der Waals surface area (Å²) in [6, 6.07) is 23.5. The number of hydrogen-bond acceptors (Lipinski definition) is 6. The molecule has 1 aromatic heterocycles. The van der Waals surface area contributed by atoms with E-state index in [1.54, 1.807) is 0 Å². The summed E-state index contributed by atoms with van der Waals surface area (Å²) in [5.74, 6) is -0.0696. The summed E-state index contributed by atoms with van der Waals surface area (Å²) < 4.78 is 24.4. The van der Waals surface area contributed by atoms with Gasteiger partial charge >= 0.3 is 0 Å². The fraction of sp³-hybridized carbons (Fsp3) is 0.280. The SMILES string of the molecule is CCCCS(=O)(=O)CC(O)CSc1nc(-c2ccccc2)cc(-c2ccccc2)c1C#N. The Morgan fingerprint density at radius 3 is 2.28 bits per heavy atom. The fourth-order valence-electron chi connectivity index (χ4n) is 3.30. The van der Waals surface area contributed by atoms with E-state index in [-0.39, 0.29) is 17.3 Å². The van der Waals surface area contributed by atoms with Gasteiger partial charge in [0, 0.05) is 16.9 Å². The van der Waals surface area contributed by atoms with Crippen LogP contribution in [0, 0.1) is 11.3 Å². The molecule has 0 saturated carbocycles. The molecule has 0 aliphatic heterocycles. The highest BCUT2D eigenvalue weighted by Gasteiger charge is 2.20. The van der Waals surface area contributed by atoms with E-state index in [1.165, 1.54) is 11.8 Å². The molecule has 7 heteroatoms. The Hall–Kier alpha value is -2.66. The molecule has 0 radical (unpaired) electrons. The maximum absolute atomic E-state index is 12.2. The second kappa shape index (κ2) is 11.3. The molecule has 1 atom stereocenters. The van der Waals surface area contributed by atoms with Crippen LogP contribution in [0.15, 0.2) is 71.8 Å². The van der Waals surface area contributed by atoms with Gasteiger partial charge in [-0.2, -0.15) is 5.26 Å². The number of hydrogen-bond donors (Lipinski definition) is 1. The summed E-state index contributed by atoms with van der Waals surface area (Å²) in [5.41, 5.74) is 3.71. The predicted octanol–water partition coefficient (Wildman–Crippen LogP) is 4.96. The van der Waals surface area contributed by atoms with E-state index >= 15 is 0 Å². The Balaban J connectivity index is 1.93. The van der Waals surface area contributed by atoms with Crippen LogP contribution in [0.2, 0.25) is 0 Å². The van der Waals surface area contributed by atoms with Gasteiger partial charge in [0.1, 0.15) is 11.1 Å². The topological polar surface area (TPSA) is 91.1 Å². The molecule has 166 valence electrons. The van der Waals surface area contributed by atoms with Gasteiger partial charge in [-0.15, -0.1) is 11.8 Å². The van der Waals surface area contributed by atoms with Crippen LogP contribution in [-0.2, 0) is 9.84 Å². The highest BCUT2D eigenvalue weighted by molar-refractivity contribution is 7.99. The van der Waals surface area contributed by atoms with Crippen LogP contribution in [0.4, 0.5) is 0 Å². The third-order valence-electron chi connectivity index (χ3n) is 4.92. The normalized spacial score (nSPS) is 12.3. The summed E-state index contributed by atoms with van der Waals surface area (Å²) in [7, 11) is -3.31. The number of nitriles is 1. The van der Waals surface area contributed by atoms with Crippen LogP contribution in [0.1, 0.15) is 25.3 Å². The molecule has 0 spiro atoms. The minimum atomic E-state index is -3.31. The minimum absolute atomic E-state index is 0.0779. The lowest BCUT2D eigenvalue weighted by Crippen LogP contribution is -2.25. The zero-order valence-corrected chi connectivity index (χ0v) is 19.6. The van der Waals surface area contributed by atoms with Crippen LogP contribution >= 0.6 is 11.8 Å². The largest absolute Gasteiger partial charge is 0.391 e. The second-order valence-corrected chi connectivity index (χ2v) is 10.7. The van der Waals surface area contributed by atoms with Gasteiger partial charge in [0.2, 0.25) is 0 Å². The molecule has 32 heavy (non-hydrogen) atoms. The summed E-state index contributed by atoms with van der Waals surface area (Å²) in [5, 5.41) is 20.8. The lowest BCUT2D eigenvalue weighted by molar-refractivity contribution is 0.222. The van der Waals surface area contributed by atoms with Gasteiger partial charge in [-0.25, -0.2) is 13.4 Å². The lowest BCUT2D eigenvalue weighted by Gasteiger charge is -2.14. The molecule has 0 saturated heterocycles. The van der Waals surface area contributed by atoms with E-state index in [2.05, 4.69) is 6.07 Å². The molecule has 1 N–H and O–H groups in total. The number of aliphatic hydroxyl groups excluding tert-OH is 1. The number of sulfone groups is 1. The zero-order valence-electron chi connectivity index (χ0n) is 17.9. The van der Waals surface area contributed by atoms with Crippen molar-refractivity contribution in [3.8, 4) is 28.5 Å². The van der Waals surface area contributed by atoms with E-state index < -0.39 is 15.9 Å². The molecule has 0 aliphatic carbocycles. The van der Waals surface area contributed by atoms with Gasteiger partial charge in [0.25, 0.3) is 0 Å².